The van der Waals surface area contributed by atoms with Crippen LogP contribution in [0.1, 0.15) is 42.9 Å². The topological polar surface area (TPSA) is 88.5 Å². The molecule has 0 bridgehead atoms. The highest BCUT2D eigenvalue weighted by Crippen LogP contribution is 2.16. The lowest BCUT2D eigenvalue weighted by Gasteiger charge is -2.15. The lowest BCUT2D eigenvalue weighted by Crippen LogP contribution is -2.37. The number of pyridine rings is 1. The fraction of sp³-hybridized carbons (Fsp3) is 0.500. The number of amides is 1. The molecule has 1 aromatic heterocycles. The maximum Gasteiger partial charge on any atom is 0.358 e. The summed E-state index contributed by atoms with van der Waals surface area (Å²) in [5.74, 6) is -1.34. The molecule has 1 rings (SSSR count). The van der Waals surface area contributed by atoms with E-state index in [1.807, 2.05) is 13.8 Å². The van der Waals surface area contributed by atoms with Crippen LogP contribution >= 0.6 is 0 Å². The fourth-order valence-electron chi connectivity index (χ4n) is 1.72. The summed E-state index contributed by atoms with van der Waals surface area (Å²) in [5.41, 5.74) is 0.400. The van der Waals surface area contributed by atoms with Crippen LogP contribution in [0.15, 0.2) is 12.1 Å². The summed E-state index contributed by atoms with van der Waals surface area (Å²) in [4.78, 5) is 26.6. The number of carboxylic acid groups (broad SMARTS) is 1. The van der Waals surface area contributed by atoms with Crippen LogP contribution in [0.4, 0.5) is 0 Å². The highest BCUT2D eigenvalue weighted by Gasteiger charge is 2.15. The molecule has 1 aromatic rings. The molecule has 1 amide bonds. The number of nitrogens with zero attached hydrogens (tertiary/aromatic N) is 1. The Balaban J connectivity index is 2.66. The zero-order valence-corrected chi connectivity index (χ0v) is 12.0. The molecule has 1 heterocycles. The number of carbonyl (C=O) groups is 2. The van der Waals surface area contributed by atoms with Crippen LogP contribution in [0.5, 0.6) is 5.75 Å². The molecule has 0 spiro atoms. The van der Waals surface area contributed by atoms with E-state index in [2.05, 4.69) is 10.3 Å². The molecule has 0 saturated carbocycles. The van der Waals surface area contributed by atoms with Gasteiger partial charge in [-0.3, -0.25) is 4.79 Å². The maximum atomic E-state index is 11.7. The molecule has 2 N–H and O–H groups in total. The zero-order valence-electron chi connectivity index (χ0n) is 12.0. The standard InChI is InChI=1S/C14H20N2O4/c1-4-10(5-2)16-12(17)8-20-11-7-6-9(3)15-13(11)14(18)19/h6-7,10H,4-5,8H2,1-3H3,(H,16,17)(H,18,19). The third kappa shape index (κ3) is 4.53. The quantitative estimate of drug-likeness (QED) is 0.794. The van der Waals surface area contributed by atoms with Crippen molar-refractivity contribution in [2.45, 2.75) is 39.7 Å². The second kappa shape index (κ2) is 7.47. The van der Waals surface area contributed by atoms with Gasteiger partial charge in [0.1, 0.15) is 0 Å². The Morgan fingerprint density at radius 1 is 1.35 bits per heavy atom. The number of rotatable bonds is 7. The van der Waals surface area contributed by atoms with Gasteiger partial charge in [0.15, 0.2) is 18.1 Å². The van der Waals surface area contributed by atoms with Crippen LogP contribution in [-0.2, 0) is 4.79 Å². The van der Waals surface area contributed by atoms with Crippen molar-refractivity contribution in [2.75, 3.05) is 6.61 Å². The number of carboxylic acids is 1. The monoisotopic (exact) mass is 280 g/mol. The minimum atomic E-state index is -1.18. The molecule has 20 heavy (non-hydrogen) atoms. The Morgan fingerprint density at radius 2 is 2.00 bits per heavy atom. The number of hydrogen-bond acceptors (Lipinski definition) is 4. The fourth-order valence-corrected chi connectivity index (χ4v) is 1.72. The van der Waals surface area contributed by atoms with Gasteiger partial charge in [0.25, 0.3) is 5.91 Å². The summed E-state index contributed by atoms with van der Waals surface area (Å²) in [6, 6.07) is 3.26. The highest BCUT2D eigenvalue weighted by molar-refractivity contribution is 5.88. The van der Waals surface area contributed by atoms with Crippen molar-refractivity contribution in [3.05, 3.63) is 23.5 Å². The molecule has 0 radical (unpaired) electrons. The van der Waals surface area contributed by atoms with E-state index >= 15 is 0 Å². The first-order valence-corrected chi connectivity index (χ1v) is 6.61. The van der Waals surface area contributed by atoms with E-state index in [1.54, 1.807) is 13.0 Å². The number of nitrogens with one attached hydrogen (secondary N) is 1. The van der Waals surface area contributed by atoms with Crippen molar-refractivity contribution in [1.82, 2.24) is 10.3 Å². The number of aromatic nitrogens is 1. The van der Waals surface area contributed by atoms with Crippen LogP contribution in [0, 0.1) is 6.92 Å². The van der Waals surface area contributed by atoms with Crippen LogP contribution in [0.25, 0.3) is 0 Å². The van der Waals surface area contributed by atoms with Gasteiger partial charge in [-0.05, 0) is 31.9 Å². The number of carbonyl (C=O) groups excluding carboxylic acids is 1. The summed E-state index contributed by atoms with van der Waals surface area (Å²) in [6.45, 7) is 5.45. The predicted molar refractivity (Wildman–Crippen MR) is 73.9 cm³/mol. The largest absolute Gasteiger partial charge is 0.481 e. The van der Waals surface area contributed by atoms with Crippen molar-refractivity contribution in [1.29, 1.82) is 0 Å². The molecule has 6 heteroatoms. The summed E-state index contributed by atoms with van der Waals surface area (Å²) >= 11 is 0. The summed E-state index contributed by atoms with van der Waals surface area (Å²) < 4.78 is 5.25. The van der Waals surface area contributed by atoms with E-state index in [1.165, 1.54) is 6.07 Å². The van der Waals surface area contributed by atoms with Gasteiger partial charge in [0.05, 0.1) is 0 Å². The van der Waals surface area contributed by atoms with Crippen molar-refractivity contribution >= 4 is 11.9 Å². The molecule has 110 valence electrons. The van der Waals surface area contributed by atoms with Gasteiger partial charge in [-0.15, -0.1) is 0 Å². The molecule has 0 unspecified atom stereocenters. The van der Waals surface area contributed by atoms with E-state index in [9.17, 15) is 9.59 Å². The lowest BCUT2D eigenvalue weighted by molar-refractivity contribution is -0.123. The molecule has 0 fully saturated rings. The van der Waals surface area contributed by atoms with Crippen molar-refractivity contribution < 1.29 is 19.4 Å². The summed E-state index contributed by atoms with van der Waals surface area (Å²) in [7, 11) is 0. The van der Waals surface area contributed by atoms with Gasteiger partial charge in [-0.1, -0.05) is 13.8 Å². The molecule has 0 saturated heterocycles. The smallest absolute Gasteiger partial charge is 0.358 e. The third-order valence-corrected chi connectivity index (χ3v) is 2.91. The molecule has 6 nitrogen and oxygen atoms in total. The van der Waals surface area contributed by atoms with Gasteiger partial charge < -0.3 is 15.2 Å². The molecule has 0 aliphatic rings. The molecule has 0 aliphatic heterocycles. The van der Waals surface area contributed by atoms with Crippen LogP contribution in [0.3, 0.4) is 0 Å². The normalized spacial score (nSPS) is 10.4. The molecule has 0 aromatic carbocycles. The van der Waals surface area contributed by atoms with Crippen LogP contribution < -0.4 is 10.1 Å². The first kappa shape index (κ1) is 15.9. The average Bonchev–Trinajstić information content (AvgIpc) is 2.43. The van der Waals surface area contributed by atoms with Crippen molar-refractivity contribution in [3.63, 3.8) is 0 Å². The van der Waals surface area contributed by atoms with Gasteiger partial charge in [0, 0.05) is 11.7 Å². The van der Waals surface area contributed by atoms with E-state index in [0.29, 0.717) is 5.69 Å². The van der Waals surface area contributed by atoms with Crippen molar-refractivity contribution in [3.8, 4) is 5.75 Å². The minimum absolute atomic E-state index is 0.0998. The molecular weight excluding hydrogens is 260 g/mol. The maximum absolute atomic E-state index is 11.7. The Labute approximate surface area is 118 Å². The predicted octanol–water partition coefficient (Wildman–Crippen LogP) is 1.77. The Hall–Kier alpha value is -2.11. The van der Waals surface area contributed by atoms with E-state index < -0.39 is 5.97 Å². The van der Waals surface area contributed by atoms with E-state index in [0.717, 1.165) is 12.8 Å². The lowest BCUT2D eigenvalue weighted by atomic mass is 10.2. The number of ether oxygens (including phenoxy) is 1. The number of hydrogen-bond donors (Lipinski definition) is 2. The van der Waals surface area contributed by atoms with Crippen LogP contribution in [-0.4, -0.2) is 34.6 Å². The van der Waals surface area contributed by atoms with Crippen LogP contribution in [0.2, 0.25) is 0 Å². The van der Waals surface area contributed by atoms with Gasteiger partial charge in [-0.25, -0.2) is 9.78 Å². The van der Waals surface area contributed by atoms with Gasteiger partial charge in [0.2, 0.25) is 0 Å². The Kier molecular flexibility index (Phi) is 5.96. The first-order chi connectivity index (χ1) is 9.47. The second-order valence-corrected chi connectivity index (χ2v) is 4.47. The van der Waals surface area contributed by atoms with E-state index in [-0.39, 0.29) is 30.0 Å². The molecule has 0 aliphatic carbocycles. The van der Waals surface area contributed by atoms with E-state index in [4.69, 9.17) is 9.84 Å². The molecule has 0 atom stereocenters. The summed E-state index contributed by atoms with van der Waals surface area (Å²) in [5, 5.41) is 11.8. The first-order valence-electron chi connectivity index (χ1n) is 6.61. The Morgan fingerprint density at radius 3 is 2.55 bits per heavy atom. The Bertz CT molecular complexity index is 484. The third-order valence-electron chi connectivity index (χ3n) is 2.91. The zero-order chi connectivity index (χ0) is 15.1. The SMILES string of the molecule is CCC(CC)NC(=O)COc1ccc(C)nc1C(=O)O. The van der Waals surface area contributed by atoms with Gasteiger partial charge >= 0.3 is 5.97 Å². The van der Waals surface area contributed by atoms with Crippen molar-refractivity contribution in [2.24, 2.45) is 0 Å². The number of aryl methyl sites for hydroxylation is 1. The average molecular weight is 280 g/mol. The number of aromatic carboxylic acids is 1. The van der Waals surface area contributed by atoms with Gasteiger partial charge in [-0.2, -0.15) is 0 Å². The highest BCUT2D eigenvalue weighted by atomic mass is 16.5. The molecular formula is C14H20N2O4. The minimum Gasteiger partial charge on any atom is -0.481 e. The summed E-state index contributed by atoms with van der Waals surface area (Å²) in [6.07, 6.45) is 1.68. The second-order valence-electron chi connectivity index (χ2n) is 4.47.